The van der Waals surface area contributed by atoms with Crippen LogP contribution in [0.4, 0.5) is 0 Å². The van der Waals surface area contributed by atoms with Crippen LogP contribution in [0.1, 0.15) is 93.9 Å². The maximum absolute atomic E-state index is 6.70. The molecule has 0 bridgehead atoms. The number of unbranched alkanes of at least 4 members (excludes halogenated alkanes) is 1. The highest BCUT2D eigenvalue weighted by molar-refractivity contribution is 6.45. The summed E-state index contributed by atoms with van der Waals surface area (Å²) >= 11 is 5.91. The zero-order chi connectivity index (χ0) is 20.5. The van der Waals surface area contributed by atoms with Crippen molar-refractivity contribution < 1.29 is 14.1 Å². The Morgan fingerprint density at radius 2 is 1.44 bits per heavy atom. The molecule has 4 nitrogen and oxygen atoms in total. The second kappa shape index (κ2) is 8.51. The summed E-state index contributed by atoms with van der Waals surface area (Å²) in [4.78, 5) is 6.70. The topological polar surface area (TPSA) is 30.9 Å². The molecule has 0 spiro atoms. The van der Waals surface area contributed by atoms with Gasteiger partial charge >= 0.3 is 7.12 Å². The number of hydrogen-bond donors (Lipinski definition) is 0. The van der Waals surface area contributed by atoms with Crippen LogP contribution in [0.5, 0.6) is 0 Å². The van der Waals surface area contributed by atoms with E-state index in [9.17, 15) is 0 Å². The second-order valence-corrected chi connectivity index (χ2v) is 11.0. The van der Waals surface area contributed by atoms with Gasteiger partial charge in [0.1, 0.15) is 0 Å². The average molecular weight is 402 g/mol. The number of piperidine rings is 1. The molecule has 2 fully saturated rings. The van der Waals surface area contributed by atoms with Crippen molar-refractivity contribution in [2.45, 2.75) is 129 Å². The highest BCUT2D eigenvalue weighted by atomic mass is 35.5. The highest BCUT2D eigenvalue weighted by Gasteiger charge is 2.52. The normalized spacial score (nSPS) is 27.7. The first-order chi connectivity index (χ1) is 12.3. The SMILES string of the molecule is CC1(C)CCCC(C)(C)N1OC(CCCCCl)CB1OC(C)(C)C(C)(C)O1. The van der Waals surface area contributed by atoms with E-state index >= 15 is 0 Å². The smallest absolute Gasteiger partial charge is 0.403 e. The van der Waals surface area contributed by atoms with Crippen LogP contribution < -0.4 is 0 Å². The fourth-order valence-electron chi connectivity index (χ4n) is 4.37. The van der Waals surface area contributed by atoms with Crippen LogP contribution in [-0.4, -0.2) is 46.4 Å². The van der Waals surface area contributed by atoms with Gasteiger partial charge in [-0.2, -0.15) is 5.06 Å². The summed E-state index contributed by atoms with van der Waals surface area (Å²) in [6.45, 7) is 17.6. The number of nitrogens with zero attached hydrogens (tertiary/aromatic N) is 1. The molecule has 27 heavy (non-hydrogen) atoms. The van der Waals surface area contributed by atoms with Gasteiger partial charge in [0.25, 0.3) is 0 Å². The maximum atomic E-state index is 6.70. The molecule has 2 rings (SSSR count). The molecule has 6 heteroatoms. The highest BCUT2D eigenvalue weighted by Crippen LogP contribution is 2.41. The van der Waals surface area contributed by atoms with E-state index in [1.54, 1.807) is 0 Å². The molecule has 2 heterocycles. The Balaban J connectivity index is 2.10. The third-order valence-corrected chi connectivity index (χ3v) is 6.87. The Morgan fingerprint density at radius 1 is 0.926 bits per heavy atom. The molecule has 0 radical (unpaired) electrons. The van der Waals surface area contributed by atoms with Gasteiger partial charge < -0.3 is 9.31 Å². The first-order valence-corrected chi connectivity index (χ1v) is 11.2. The molecule has 0 saturated carbocycles. The first-order valence-electron chi connectivity index (χ1n) is 10.7. The van der Waals surface area contributed by atoms with Gasteiger partial charge in [0, 0.05) is 23.3 Å². The van der Waals surface area contributed by atoms with E-state index in [0.717, 1.165) is 38.4 Å². The lowest BCUT2D eigenvalue weighted by atomic mass is 9.80. The minimum atomic E-state index is -0.304. The van der Waals surface area contributed by atoms with E-state index in [1.807, 2.05) is 0 Å². The molecule has 1 unspecified atom stereocenters. The molecular formula is C21H41BClNO3. The van der Waals surface area contributed by atoms with Crippen LogP contribution >= 0.6 is 11.6 Å². The molecule has 0 aliphatic carbocycles. The Hall–Kier alpha value is 0.195. The van der Waals surface area contributed by atoms with Gasteiger partial charge in [-0.05, 0) is 93.9 Å². The summed E-state index contributed by atoms with van der Waals surface area (Å²) in [6.07, 6.45) is 7.41. The van der Waals surface area contributed by atoms with E-state index in [4.69, 9.17) is 25.7 Å². The van der Waals surface area contributed by atoms with Crippen molar-refractivity contribution >= 4 is 18.7 Å². The van der Waals surface area contributed by atoms with Crippen molar-refractivity contribution in [1.29, 1.82) is 0 Å². The van der Waals surface area contributed by atoms with Gasteiger partial charge in [-0.15, -0.1) is 11.6 Å². The lowest BCUT2D eigenvalue weighted by Crippen LogP contribution is -2.59. The van der Waals surface area contributed by atoms with Crippen LogP contribution in [0.2, 0.25) is 6.32 Å². The van der Waals surface area contributed by atoms with E-state index in [2.05, 4.69) is 60.5 Å². The molecule has 0 aromatic heterocycles. The summed E-state index contributed by atoms with van der Waals surface area (Å²) < 4.78 is 12.5. The maximum Gasteiger partial charge on any atom is 0.460 e. The van der Waals surface area contributed by atoms with Crippen LogP contribution in [0.3, 0.4) is 0 Å². The van der Waals surface area contributed by atoms with Crippen molar-refractivity contribution in [3.63, 3.8) is 0 Å². The van der Waals surface area contributed by atoms with Crippen LogP contribution in [0, 0.1) is 0 Å². The standard InChI is InChI=1S/C21H41BClNO3/c1-18(2)13-11-14-19(3,4)24(18)25-17(12-9-10-15-23)16-22-26-20(5,6)21(7,8)27-22/h17H,9-16H2,1-8H3. The van der Waals surface area contributed by atoms with Crippen molar-refractivity contribution in [3.05, 3.63) is 0 Å². The zero-order valence-corrected chi connectivity index (χ0v) is 19.6. The average Bonchev–Trinajstić information content (AvgIpc) is 2.69. The number of rotatable bonds is 8. The third kappa shape index (κ3) is 5.63. The van der Waals surface area contributed by atoms with Gasteiger partial charge in [-0.3, -0.25) is 4.84 Å². The van der Waals surface area contributed by atoms with Gasteiger partial charge in [0.05, 0.1) is 17.3 Å². The van der Waals surface area contributed by atoms with E-state index < -0.39 is 0 Å². The van der Waals surface area contributed by atoms with Gasteiger partial charge in [-0.25, -0.2) is 0 Å². The van der Waals surface area contributed by atoms with E-state index in [1.165, 1.54) is 6.42 Å². The molecular weight excluding hydrogens is 361 g/mol. The number of hydroxylamine groups is 2. The quantitative estimate of drug-likeness (QED) is 0.291. The first kappa shape index (κ1) is 23.5. The summed E-state index contributed by atoms with van der Waals surface area (Å²) in [7, 11) is -0.230. The van der Waals surface area contributed by atoms with E-state index in [-0.39, 0.29) is 35.5 Å². The second-order valence-electron chi connectivity index (χ2n) is 10.6. The molecule has 0 aromatic carbocycles. The molecule has 2 aliphatic heterocycles. The Bertz CT molecular complexity index is 464. The van der Waals surface area contributed by atoms with Gasteiger partial charge in [-0.1, -0.05) is 0 Å². The molecule has 0 amide bonds. The Kier molecular flexibility index (Phi) is 7.40. The van der Waals surface area contributed by atoms with Crippen LogP contribution in [0.25, 0.3) is 0 Å². The fourth-order valence-corrected chi connectivity index (χ4v) is 4.56. The molecule has 158 valence electrons. The van der Waals surface area contributed by atoms with E-state index in [0.29, 0.717) is 5.88 Å². The zero-order valence-electron chi connectivity index (χ0n) is 18.9. The monoisotopic (exact) mass is 401 g/mol. The predicted octanol–water partition coefficient (Wildman–Crippen LogP) is 5.83. The molecule has 0 aromatic rings. The molecule has 2 aliphatic rings. The molecule has 2 saturated heterocycles. The predicted molar refractivity (Wildman–Crippen MR) is 114 cm³/mol. The summed E-state index contributed by atoms with van der Waals surface area (Å²) in [5.41, 5.74) is -0.547. The van der Waals surface area contributed by atoms with Gasteiger partial charge in [0.2, 0.25) is 0 Å². The number of alkyl halides is 1. The summed E-state index contributed by atoms with van der Waals surface area (Å²) in [6, 6.07) is 0. The van der Waals surface area contributed by atoms with Crippen molar-refractivity contribution in [3.8, 4) is 0 Å². The van der Waals surface area contributed by atoms with Crippen LogP contribution in [0.15, 0.2) is 0 Å². The number of halogens is 1. The fraction of sp³-hybridized carbons (Fsp3) is 1.00. The lowest BCUT2D eigenvalue weighted by molar-refractivity contribution is -0.302. The summed E-state index contributed by atoms with van der Waals surface area (Å²) in [5.74, 6) is 0.698. The Morgan fingerprint density at radius 3 is 1.93 bits per heavy atom. The largest absolute Gasteiger partial charge is 0.460 e. The summed E-state index contributed by atoms with van der Waals surface area (Å²) in [5, 5.41) is 2.26. The van der Waals surface area contributed by atoms with Crippen molar-refractivity contribution in [2.24, 2.45) is 0 Å². The van der Waals surface area contributed by atoms with Crippen molar-refractivity contribution in [1.82, 2.24) is 5.06 Å². The van der Waals surface area contributed by atoms with Gasteiger partial charge in [0.15, 0.2) is 0 Å². The third-order valence-electron chi connectivity index (χ3n) is 6.60. The molecule has 0 N–H and O–H groups in total. The van der Waals surface area contributed by atoms with Crippen molar-refractivity contribution in [2.75, 3.05) is 5.88 Å². The Labute approximate surface area is 172 Å². The lowest BCUT2D eigenvalue weighted by Gasteiger charge is -2.52. The number of hydrogen-bond acceptors (Lipinski definition) is 4. The molecule has 1 atom stereocenters. The van der Waals surface area contributed by atoms with Crippen LogP contribution in [-0.2, 0) is 14.1 Å². The minimum Gasteiger partial charge on any atom is -0.403 e. The minimum absolute atomic E-state index is 0.0302.